The second-order valence-electron chi connectivity index (χ2n) is 5.91. The van der Waals surface area contributed by atoms with Gasteiger partial charge in [0.1, 0.15) is 0 Å². The molecule has 0 amide bonds. The molecular weight excluding hydrogens is 258 g/mol. The number of hydrogen-bond donors (Lipinski definition) is 1. The summed E-state index contributed by atoms with van der Waals surface area (Å²) in [7, 11) is 0. The lowest BCUT2D eigenvalue weighted by molar-refractivity contribution is 0.553. The molecule has 0 saturated heterocycles. The first-order valence-corrected chi connectivity index (χ1v) is 7.68. The Labute approximate surface area is 127 Å². The molecule has 2 rings (SSSR count). The topological polar surface area (TPSA) is 37.8 Å². The lowest BCUT2D eigenvalue weighted by Crippen LogP contribution is -2.23. The first kappa shape index (κ1) is 15.6. The third-order valence-corrected chi connectivity index (χ3v) is 3.56. The molecule has 0 spiro atoms. The van der Waals surface area contributed by atoms with Crippen molar-refractivity contribution in [1.29, 1.82) is 0 Å². The second kappa shape index (κ2) is 7.32. The number of nitrogens with zero attached hydrogens (tertiary/aromatic N) is 2. The standard InChI is InChI=1S/C18H25N3/c1-13(2)12-19-11-10-17-14(3)20-18(21-15(17)4)16-8-6-5-7-9-16/h5-9,13,19H,10-12H2,1-4H3. The summed E-state index contributed by atoms with van der Waals surface area (Å²) in [5, 5.41) is 3.48. The van der Waals surface area contributed by atoms with E-state index in [0.29, 0.717) is 5.92 Å². The van der Waals surface area contributed by atoms with Crippen molar-refractivity contribution in [2.45, 2.75) is 34.1 Å². The Morgan fingerprint density at radius 2 is 1.62 bits per heavy atom. The minimum Gasteiger partial charge on any atom is -0.316 e. The molecule has 3 heteroatoms. The fourth-order valence-corrected chi connectivity index (χ4v) is 2.42. The first-order valence-electron chi connectivity index (χ1n) is 7.68. The number of nitrogens with one attached hydrogen (secondary N) is 1. The molecule has 0 bridgehead atoms. The van der Waals surface area contributed by atoms with Crippen molar-refractivity contribution in [3.8, 4) is 11.4 Å². The molecule has 2 aromatic rings. The summed E-state index contributed by atoms with van der Waals surface area (Å²) in [6.07, 6.45) is 0.986. The van der Waals surface area contributed by atoms with E-state index >= 15 is 0 Å². The van der Waals surface area contributed by atoms with Crippen LogP contribution in [-0.4, -0.2) is 23.1 Å². The van der Waals surface area contributed by atoms with E-state index in [-0.39, 0.29) is 0 Å². The first-order chi connectivity index (χ1) is 10.1. The molecule has 1 heterocycles. The minimum absolute atomic E-state index is 0.684. The van der Waals surface area contributed by atoms with Gasteiger partial charge in [-0.05, 0) is 44.8 Å². The van der Waals surface area contributed by atoms with E-state index in [1.54, 1.807) is 0 Å². The normalized spacial score (nSPS) is 11.1. The average molecular weight is 283 g/mol. The van der Waals surface area contributed by atoms with Crippen LogP contribution in [-0.2, 0) is 6.42 Å². The van der Waals surface area contributed by atoms with Crippen LogP contribution >= 0.6 is 0 Å². The van der Waals surface area contributed by atoms with Crippen molar-refractivity contribution < 1.29 is 0 Å². The minimum atomic E-state index is 0.684. The fraction of sp³-hybridized carbons (Fsp3) is 0.444. The SMILES string of the molecule is Cc1nc(-c2ccccc2)nc(C)c1CCNCC(C)C. The van der Waals surface area contributed by atoms with Gasteiger partial charge in [0.25, 0.3) is 0 Å². The molecule has 0 atom stereocenters. The predicted octanol–water partition coefficient (Wildman–Crippen LogP) is 3.55. The second-order valence-corrected chi connectivity index (χ2v) is 5.91. The number of hydrogen-bond acceptors (Lipinski definition) is 3. The van der Waals surface area contributed by atoms with E-state index in [9.17, 15) is 0 Å². The van der Waals surface area contributed by atoms with E-state index in [4.69, 9.17) is 0 Å². The number of rotatable bonds is 6. The van der Waals surface area contributed by atoms with Crippen LogP contribution in [0.4, 0.5) is 0 Å². The summed E-state index contributed by atoms with van der Waals surface area (Å²) in [5.41, 5.74) is 4.53. The van der Waals surface area contributed by atoms with Crippen LogP contribution in [0.3, 0.4) is 0 Å². The maximum atomic E-state index is 4.68. The fourth-order valence-electron chi connectivity index (χ4n) is 2.42. The van der Waals surface area contributed by atoms with Gasteiger partial charge in [-0.15, -0.1) is 0 Å². The van der Waals surface area contributed by atoms with Gasteiger partial charge in [-0.2, -0.15) is 0 Å². The van der Waals surface area contributed by atoms with Gasteiger partial charge in [0.15, 0.2) is 5.82 Å². The lowest BCUT2D eigenvalue weighted by atomic mass is 10.1. The van der Waals surface area contributed by atoms with Crippen LogP contribution in [0.25, 0.3) is 11.4 Å². The highest BCUT2D eigenvalue weighted by Gasteiger charge is 2.09. The Morgan fingerprint density at radius 1 is 1.00 bits per heavy atom. The zero-order valence-electron chi connectivity index (χ0n) is 13.5. The Kier molecular flexibility index (Phi) is 5.45. The van der Waals surface area contributed by atoms with Crippen molar-refractivity contribution in [2.75, 3.05) is 13.1 Å². The van der Waals surface area contributed by atoms with E-state index < -0.39 is 0 Å². The van der Waals surface area contributed by atoms with Gasteiger partial charge in [-0.3, -0.25) is 0 Å². The molecular formula is C18H25N3. The summed E-state index contributed by atoms with van der Waals surface area (Å²) in [5.74, 6) is 1.51. The Bertz CT molecular complexity index is 553. The van der Waals surface area contributed by atoms with Gasteiger partial charge < -0.3 is 5.32 Å². The molecule has 0 aliphatic carbocycles. The zero-order valence-corrected chi connectivity index (χ0v) is 13.5. The summed E-state index contributed by atoms with van der Waals surface area (Å²) in [6.45, 7) is 10.6. The third kappa shape index (κ3) is 4.36. The third-order valence-electron chi connectivity index (χ3n) is 3.56. The van der Waals surface area contributed by atoms with Gasteiger partial charge >= 0.3 is 0 Å². The molecule has 0 aliphatic heterocycles. The van der Waals surface area contributed by atoms with Crippen molar-refractivity contribution in [3.63, 3.8) is 0 Å². The van der Waals surface area contributed by atoms with Gasteiger partial charge in [0.2, 0.25) is 0 Å². The molecule has 112 valence electrons. The Hall–Kier alpha value is -1.74. The molecule has 0 aliphatic rings. The van der Waals surface area contributed by atoms with Crippen molar-refractivity contribution in [1.82, 2.24) is 15.3 Å². The molecule has 0 radical (unpaired) electrons. The summed E-state index contributed by atoms with van der Waals surface area (Å²) in [4.78, 5) is 9.36. The maximum Gasteiger partial charge on any atom is 0.159 e. The predicted molar refractivity (Wildman–Crippen MR) is 88.4 cm³/mol. The molecule has 21 heavy (non-hydrogen) atoms. The van der Waals surface area contributed by atoms with E-state index in [2.05, 4.69) is 55.1 Å². The van der Waals surface area contributed by atoms with E-state index in [1.165, 1.54) is 5.56 Å². The van der Waals surface area contributed by atoms with Gasteiger partial charge in [-0.25, -0.2) is 9.97 Å². The zero-order chi connectivity index (χ0) is 15.2. The lowest BCUT2D eigenvalue weighted by Gasteiger charge is -2.12. The number of aryl methyl sites for hydroxylation is 2. The summed E-state index contributed by atoms with van der Waals surface area (Å²) < 4.78 is 0. The molecule has 0 saturated carbocycles. The van der Waals surface area contributed by atoms with Crippen LogP contribution in [0.5, 0.6) is 0 Å². The highest BCUT2D eigenvalue weighted by molar-refractivity contribution is 5.55. The molecule has 1 aromatic carbocycles. The smallest absolute Gasteiger partial charge is 0.159 e. The number of aromatic nitrogens is 2. The van der Waals surface area contributed by atoms with Crippen molar-refractivity contribution in [3.05, 3.63) is 47.3 Å². The molecule has 3 nitrogen and oxygen atoms in total. The van der Waals surface area contributed by atoms with E-state index in [1.807, 2.05) is 18.2 Å². The molecule has 0 unspecified atom stereocenters. The largest absolute Gasteiger partial charge is 0.316 e. The number of benzene rings is 1. The Morgan fingerprint density at radius 3 is 2.19 bits per heavy atom. The van der Waals surface area contributed by atoms with Crippen molar-refractivity contribution >= 4 is 0 Å². The monoisotopic (exact) mass is 283 g/mol. The quantitative estimate of drug-likeness (QED) is 0.824. The molecule has 0 fully saturated rings. The van der Waals surface area contributed by atoms with E-state index in [0.717, 1.165) is 42.3 Å². The van der Waals surface area contributed by atoms with Gasteiger partial charge in [-0.1, -0.05) is 44.2 Å². The summed E-state index contributed by atoms with van der Waals surface area (Å²) in [6, 6.07) is 10.2. The van der Waals surface area contributed by atoms with Crippen molar-refractivity contribution in [2.24, 2.45) is 5.92 Å². The average Bonchev–Trinajstić information content (AvgIpc) is 2.46. The maximum absolute atomic E-state index is 4.68. The molecule has 1 N–H and O–H groups in total. The van der Waals surface area contributed by atoms with Gasteiger partial charge in [0, 0.05) is 17.0 Å². The van der Waals surface area contributed by atoms with Crippen LogP contribution in [0.2, 0.25) is 0 Å². The molecule has 1 aromatic heterocycles. The highest BCUT2D eigenvalue weighted by Crippen LogP contribution is 2.18. The van der Waals surface area contributed by atoms with Crippen LogP contribution in [0, 0.1) is 19.8 Å². The highest BCUT2D eigenvalue weighted by atomic mass is 14.9. The van der Waals surface area contributed by atoms with Crippen LogP contribution in [0.15, 0.2) is 30.3 Å². The summed E-state index contributed by atoms with van der Waals surface area (Å²) >= 11 is 0. The van der Waals surface area contributed by atoms with Gasteiger partial charge in [0.05, 0.1) is 0 Å². The van der Waals surface area contributed by atoms with Crippen LogP contribution in [0.1, 0.15) is 30.8 Å². The Balaban J connectivity index is 2.11. The van der Waals surface area contributed by atoms with Crippen LogP contribution < -0.4 is 5.32 Å².